The Bertz CT molecular complexity index is 505. The second kappa shape index (κ2) is 4.51. The third-order valence-corrected chi connectivity index (χ3v) is 3.53. The van der Waals surface area contributed by atoms with E-state index in [-0.39, 0.29) is 22.6 Å². The van der Waals surface area contributed by atoms with Gasteiger partial charge in [-0.05, 0) is 35.0 Å². The molecule has 0 saturated carbocycles. The van der Waals surface area contributed by atoms with Crippen LogP contribution in [-0.2, 0) is 10.4 Å². The van der Waals surface area contributed by atoms with Crippen molar-refractivity contribution >= 4 is 21.9 Å². The van der Waals surface area contributed by atoms with Gasteiger partial charge in [-0.25, -0.2) is 4.39 Å². The Balaban J connectivity index is 2.53. The third-order valence-electron chi connectivity index (χ3n) is 2.92. The fourth-order valence-electron chi connectivity index (χ4n) is 2.25. The van der Waals surface area contributed by atoms with Gasteiger partial charge in [0.05, 0.1) is 17.0 Å². The van der Waals surface area contributed by atoms with Crippen LogP contribution in [0.25, 0.3) is 0 Å². The van der Waals surface area contributed by atoms with Crippen LogP contribution in [0.4, 0.5) is 4.39 Å². The largest absolute Gasteiger partial charge is 0.490 e. The van der Waals surface area contributed by atoms with E-state index in [4.69, 9.17) is 9.84 Å². The van der Waals surface area contributed by atoms with Crippen LogP contribution in [0.2, 0.25) is 0 Å². The molecule has 1 aliphatic rings. The molecule has 4 nitrogen and oxygen atoms in total. The summed E-state index contributed by atoms with van der Waals surface area (Å²) < 4.78 is 19.2. The monoisotopic (exact) mass is 318 g/mol. The number of carbonyl (C=O) groups is 1. The molecule has 1 aromatic carbocycles. The number of benzene rings is 1. The molecule has 0 unspecified atom stereocenters. The molecule has 0 saturated heterocycles. The number of aliphatic carboxylic acids is 1. The predicted octanol–water partition coefficient (Wildman–Crippen LogP) is 2.42. The lowest BCUT2D eigenvalue weighted by Gasteiger charge is -2.36. The summed E-state index contributed by atoms with van der Waals surface area (Å²) in [6.07, 6.45) is -0.693. The Labute approximate surface area is 112 Å². The molecule has 1 heterocycles. The first kappa shape index (κ1) is 13.3. The van der Waals surface area contributed by atoms with E-state index in [1.165, 1.54) is 6.07 Å². The summed E-state index contributed by atoms with van der Waals surface area (Å²) in [5, 5.41) is 19.3. The molecule has 18 heavy (non-hydrogen) atoms. The van der Waals surface area contributed by atoms with E-state index in [1.54, 1.807) is 6.92 Å². The molecule has 2 atom stereocenters. The Morgan fingerprint density at radius 2 is 2.33 bits per heavy atom. The zero-order valence-electron chi connectivity index (χ0n) is 9.61. The smallest absolute Gasteiger partial charge is 0.306 e. The van der Waals surface area contributed by atoms with Gasteiger partial charge in [0, 0.05) is 12.0 Å². The van der Waals surface area contributed by atoms with Crippen molar-refractivity contribution in [3.8, 4) is 5.75 Å². The third kappa shape index (κ3) is 2.35. The Kier molecular flexibility index (Phi) is 3.33. The number of ether oxygens (including phenoxy) is 1. The van der Waals surface area contributed by atoms with Gasteiger partial charge in [0.2, 0.25) is 0 Å². The summed E-state index contributed by atoms with van der Waals surface area (Å²) >= 11 is 3.03. The molecule has 0 bridgehead atoms. The highest BCUT2D eigenvalue weighted by Crippen LogP contribution is 2.43. The van der Waals surface area contributed by atoms with E-state index in [0.717, 1.165) is 6.07 Å². The maximum Gasteiger partial charge on any atom is 0.306 e. The van der Waals surface area contributed by atoms with E-state index in [9.17, 15) is 14.3 Å². The molecule has 2 N–H and O–H groups in total. The number of fused-ring (bicyclic) bond motifs is 1. The van der Waals surface area contributed by atoms with Crippen LogP contribution in [0.1, 0.15) is 25.3 Å². The van der Waals surface area contributed by atoms with E-state index in [2.05, 4.69) is 15.9 Å². The molecule has 6 heteroatoms. The second-order valence-corrected chi connectivity index (χ2v) is 5.35. The summed E-state index contributed by atoms with van der Waals surface area (Å²) in [6.45, 7) is 1.73. The van der Waals surface area contributed by atoms with Gasteiger partial charge in [-0.2, -0.15) is 0 Å². The molecule has 0 spiro atoms. The lowest BCUT2D eigenvalue weighted by Crippen LogP contribution is -2.39. The zero-order valence-corrected chi connectivity index (χ0v) is 11.2. The number of carboxylic acids is 1. The van der Waals surface area contributed by atoms with Crippen LogP contribution in [0, 0.1) is 5.82 Å². The van der Waals surface area contributed by atoms with Gasteiger partial charge < -0.3 is 14.9 Å². The molecule has 0 aliphatic carbocycles. The van der Waals surface area contributed by atoms with Crippen molar-refractivity contribution < 1.29 is 24.1 Å². The normalized spacial score (nSPS) is 26.3. The first-order valence-electron chi connectivity index (χ1n) is 5.42. The highest BCUT2D eigenvalue weighted by atomic mass is 79.9. The molecule has 1 aromatic rings. The lowest BCUT2D eigenvalue weighted by atomic mass is 9.83. The van der Waals surface area contributed by atoms with Gasteiger partial charge >= 0.3 is 5.97 Å². The topological polar surface area (TPSA) is 66.8 Å². The van der Waals surface area contributed by atoms with Crippen LogP contribution in [0.5, 0.6) is 5.75 Å². The average Bonchev–Trinajstić information content (AvgIpc) is 2.19. The SMILES string of the molecule is C[C@@H]1C[C@@](O)(CC(=O)O)c2cc(F)c(Br)cc2O1. The van der Waals surface area contributed by atoms with Crippen molar-refractivity contribution in [3.05, 3.63) is 28.0 Å². The fraction of sp³-hybridized carbons (Fsp3) is 0.417. The summed E-state index contributed by atoms with van der Waals surface area (Å²) in [5.41, 5.74) is -1.41. The number of rotatable bonds is 2. The quantitative estimate of drug-likeness (QED) is 0.878. The minimum absolute atomic E-state index is 0.118. The lowest BCUT2D eigenvalue weighted by molar-refractivity contribution is -0.145. The minimum atomic E-state index is -1.60. The summed E-state index contributed by atoms with van der Waals surface area (Å²) in [4.78, 5) is 10.8. The van der Waals surface area contributed by atoms with Gasteiger partial charge in [-0.3, -0.25) is 4.79 Å². The summed E-state index contributed by atoms with van der Waals surface area (Å²) in [6, 6.07) is 2.53. The molecule has 0 amide bonds. The Morgan fingerprint density at radius 1 is 1.67 bits per heavy atom. The van der Waals surface area contributed by atoms with E-state index < -0.39 is 23.8 Å². The van der Waals surface area contributed by atoms with E-state index in [1.807, 2.05) is 0 Å². The summed E-state index contributed by atoms with van der Waals surface area (Å²) in [7, 11) is 0. The van der Waals surface area contributed by atoms with Crippen LogP contribution in [0.3, 0.4) is 0 Å². The Morgan fingerprint density at radius 3 is 2.94 bits per heavy atom. The molecular formula is C12H12BrFO4. The average molecular weight is 319 g/mol. The van der Waals surface area contributed by atoms with Gasteiger partial charge in [0.25, 0.3) is 0 Å². The molecule has 0 fully saturated rings. The van der Waals surface area contributed by atoms with E-state index >= 15 is 0 Å². The van der Waals surface area contributed by atoms with Crippen LogP contribution in [0.15, 0.2) is 16.6 Å². The highest BCUT2D eigenvalue weighted by Gasteiger charge is 2.41. The minimum Gasteiger partial charge on any atom is -0.490 e. The molecule has 0 radical (unpaired) electrons. The molecule has 0 aromatic heterocycles. The van der Waals surface area contributed by atoms with Crippen LogP contribution in [-0.4, -0.2) is 22.3 Å². The fourth-order valence-corrected chi connectivity index (χ4v) is 2.57. The van der Waals surface area contributed by atoms with Crippen molar-refractivity contribution in [1.29, 1.82) is 0 Å². The number of carboxylic acid groups (broad SMARTS) is 1. The second-order valence-electron chi connectivity index (χ2n) is 4.50. The van der Waals surface area contributed by atoms with Gasteiger partial charge in [-0.15, -0.1) is 0 Å². The number of halogens is 2. The van der Waals surface area contributed by atoms with Crippen molar-refractivity contribution in [2.75, 3.05) is 0 Å². The van der Waals surface area contributed by atoms with E-state index in [0.29, 0.717) is 5.75 Å². The summed E-state index contributed by atoms with van der Waals surface area (Å²) in [5.74, 6) is -1.39. The maximum atomic E-state index is 13.5. The number of hydrogen-bond acceptors (Lipinski definition) is 3. The number of hydrogen-bond donors (Lipinski definition) is 2. The first-order valence-corrected chi connectivity index (χ1v) is 6.21. The van der Waals surface area contributed by atoms with Crippen molar-refractivity contribution in [3.63, 3.8) is 0 Å². The first-order chi connectivity index (χ1) is 8.32. The molecule has 2 rings (SSSR count). The number of aliphatic hydroxyl groups is 1. The van der Waals surface area contributed by atoms with Crippen molar-refractivity contribution in [2.24, 2.45) is 0 Å². The predicted molar refractivity (Wildman–Crippen MR) is 65.0 cm³/mol. The van der Waals surface area contributed by atoms with Crippen molar-refractivity contribution in [2.45, 2.75) is 31.5 Å². The van der Waals surface area contributed by atoms with Crippen molar-refractivity contribution in [1.82, 2.24) is 0 Å². The molecular weight excluding hydrogens is 307 g/mol. The molecule has 1 aliphatic heterocycles. The molecule has 98 valence electrons. The highest BCUT2D eigenvalue weighted by molar-refractivity contribution is 9.10. The van der Waals surface area contributed by atoms with Gasteiger partial charge in [-0.1, -0.05) is 0 Å². The Hall–Kier alpha value is -1.14. The van der Waals surface area contributed by atoms with Crippen LogP contribution < -0.4 is 4.74 Å². The van der Waals surface area contributed by atoms with Crippen LogP contribution >= 0.6 is 15.9 Å². The maximum absolute atomic E-state index is 13.5. The standard InChI is InChI=1S/C12H12BrFO4/c1-6-4-12(17,5-11(15)16)7-2-9(14)8(13)3-10(7)18-6/h2-3,6,17H,4-5H2,1H3,(H,15,16)/t6-,12-/m1/s1. The van der Waals surface area contributed by atoms with Gasteiger partial charge in [0.15, 0.2) is 0 Å². The zero-order chi connectivity index (χ0) is 13.5. The van der Waals surface area contributed by atoms with Gasteiger partial charge in [0.1, 0.15) is 17.2 Å².